The standard InChI is InChI=1S/C41H51F3N10O8/c1-53-35(57)22-30(36(53)25-3-2-9-45-23-25)39(59)47-10-6-33(55)46-12-16-62-18-17-61-15-8-34(56)51-28-19-26(20-28)38(58)48-11-14-54-13-7-32(40(54)60)52-37-29-21-27(41(42,43)44)4-5-31(29)49-24-50-37/h2-5,9,21,23-24,26,28,30,32,36H,6-8,10-20,22H2,1H3,(H,46,55)(H,47,59)(H,48,58)(H,51,56)(H,49,50,52)/t26?,28?,30-,32-,36+/m0/s1. The van der Waals surface area contributed by atoms with E-state index in [0.717, 1.165) is 17.7 Å². The van der Waals surface area contributed by atoms with E-state index in [2.05, 4.69) is 41.5 Å². The monoisotopic (exact) mass is 868 g/mol. The van der Waals surface area contributed by atoms with Gasteiger partial charge in [-0.05, 0) is 49.1 Å². The molecule has 0 bridgehead atoms. The number of halogens is 3. The number of hydrogen-bond donors (Lipinski definition) is 5. The summed E-state index contributed by atoms with van der Waals surface area (Å²) in [6, 6.07) is 5.52. The predicted octanol–water partition coefficient (Wildman–Crippen LogP) is 1.33. The second-order valence-electron chi connectivity index (χ2n) is 15.4. The molecule has 334 valence electrons. The summed E-state index contributed by atoms with van der Waals surface area (Å²) in [5, 5.41) is 14.4. The summed E-state index contributed by atoms with van der Waals surface area (Å²) in [6.45, 7) is 2.24. The second-order valence-corrected chi connectivity index (χ2v) is 15.4. The van der Waals surface area contributed by atoms with Crippen LogP contribution in [0.5, 0.6) is 0 Å². The van der Waals surface area contributed by atoms with Gasteiger partial charge in [0, 0.05) is 88.8 Å². The van der Waals surface area contributed by atoms with Gasteiger partial charge in [-0.25, -0.2) is 9.97 Å². The first kappa shape index (κ1) is 45.6. The molecule has 2 aromatic heterocycles. The average Bonchev–Trinajstić information content (AvgIpc) is 3.74. The molecule has 5 N–H and O–H groups in total. The summed E-state index contributed by atoms with van der Waals surface area (Å²) in [7, 11) is 1.66. The molecule has 6 rings (SSSR count). The van der Waals surface area contributed by atoms with Crippen LogP contribution < -0.4 is 26.6 Å². The van der Waals surface area contributed by atoms with Crippen LogP contribution >= 0.6 is 0 Å². The van der Waals surface area contributed by atoms with E-state index in [1.165, 1.54) is 12.4 Å². The normalized spacial score (nSPS) is 21.1. The Morgan fingerprint density at radius 2 is 1.66 bits per heavy atom. The molecule has 4 heterocycles. The van der Waals surface area contributed by atoms with E-state index in [4.69, 9.17) is 9.47 Å². The third kappa shape index (κ3) is 12.1. The minimum absolute atomic E-state index is 0.0684. The number of carbonyl (C=O) groups is 6. The topological polar surface area (TPSA) is 226 Å². The van der Waals surface area contributed by atoms with Gasteiger partial charge in [-0.2, -0.15) is 13.2 Å². The molecule has 0 unspecified atom stereocenters. The van der Waals surface area contributed by atoms with Crippen molar-refractivity contribution in [3.8, 4) is 0 Å². The molecular weight excluding hydrogens is 818 g/mol. The fraction of sp³-hybridized carbons (Fsp3) is 0.537. The molecule has 2 aliphatic heterocycles. The number of benzene rings is 1. The van der Waals surface area contributed by atoms with Crippen molar-refractivity contribution in [2.24, 2.45) is 11.8 Å². The zero-order valence-electron chi connectivity index (χ0n) is 34.2. The smallest absolute Gasteiger partial charge is 0.379 e. The molecule has 1 saturated carbocycles. The van der Waals surface area contributed by atoms with E-state index in [9.17, 15) is 41.9 Å². The maximum atomic E-state index is 13.3. The maximum Gasteiger partial charge on any atom is 0.416 e. The molecule has 3 atom stereocenters. The zero-order valence-corrected chi connectivity index (χ0v) is 34.2. The van der Waals surface area contributed by atoms with Crippen molar-refractivity contribution >= 4 is 52.2 Å². The molecule has 3 aliphatic rings. The molecule has 1 aromatic carbocycles. The van der Waals surface area contributed by atoms with Crippen LogP contribution in [0.2, 0.25) is 0 Å². The summed E-state index contributed by atoms with van der Waals surface area (Å²) in [6.07, 6.45) is 1.63. The van der Waals surface area contributed by atoms with E-state index < -0.39 is 29.7 Å². The summed E-state index contributed by atoms with van der Waals surface area (Å²) in [4.78, 5) is 90.8. The van der Waals surface area contributed by atoms with Crippen LogP contribution in [0.3, 0.4) is 0 Å². The van der Waals surface area contributed by atoms with Gasteiger partial charge in [0.25, 0.3) is 0 Å². The van der Waals surface area contributed by atoms with E-state index in [1.807, 2.05) is 6.07 Å². The van der Waals surface area contributed by atoms with Crippen LogP contribution in [0.25, 0.3) is 10.9 Å². The third-order valence-electron chi connectivity index (χ3n) is 11.1. The average molecular weight is 869 g/mol. The number of nitrogens with zero attached hydrogens (tertiary/aromatic N) is 5. The van der Waals surface area contributed by atoms with Crippen molar-refractivity contribution in [1.82, 2.24) is 46.0 Å². The van der Waals surface area contributed by atoms with E-state index in [-0.39, 0.29) is 130 Å². The zero-order chi connectivity index (χ0) is 44.2. The van der Waals surface area contributed by atoms with Crippen molar-refractivity contribution in [2.45, 2.75) is 62.8 Å². The van der Waals surface area contributed by atoms with Crippen molar-refractivity contribution in [2.75, 3.05) is 71.5 Å². The number of aromatic nitrogens is 3. The number of anilines is 1. The molecule has 0 radical (unpaired) electrons. The molecule has 1 aliphatic carbocycles. The van der Waals surface area contributed by atoms with Crippen LogP contribution in [-0.2, 0) is 44.4 Å². The SMILES string of the molecule is CN1C(=O)C[C@H](C(=O)NCCC(=O)NCCOCCOCCC(=O)NC2CC(C(=O)NCCN3CC[C@H](Nc4ncnc5ccc(C(F)(F)F)cc45)C3=O)C2)[C@H]1c1cccnc1. The second kappa shape index (κ2) is 21.2. The summed E-state index contributed by atoms with van der Waals surface area (Å²) in [5.41, 5.74) is 0.246. The highest BCUT2D eigenvalue weighted by atomic mass is 19.4. The number of likely N-dealkylation sites (tertiary alicyclic amines) is 2. The number of carbonyl (C=O) groups excluding carboxylic acids is 6. The number of rotatable bonds is 21. The van der Waals surface area contributed by atoms with Gasteiger partial charge in [0.2, 0.25) is 35.4 Å². The largest absolute Gasteiger partial charge is 0.416 e. The van der Waals surface area contributed by atoms with Gasteiger partial charge >= 0.3 is 6.18 Å². The van der Waals surface area contributed by atoms with Crippen LogP contribution in [0, 0.1) is 11.8 Å². The molecule has 21 heteroatoms. The molecular formula is C41H51F3N10O8. The Balaban J connectivity index is 0.747. The number of alkyl halides is 3. The minimum atomic E-state index is -4.54. The van der Waals surface area contributed by atoms with Gasteiger partial charge in [-0.3, -0.25) is 33.8 Å². The predicted molar refractivity (Wildman–Crippen MR) is 216 cm³/mol. The number of ether oxygens (including phenoxy) is 2. The van der Waals surface area contributed by atoms with Crippen molar-refractivity contribution in [3.63, 3.8) is 0 Å². The quantitative estimate of drug-likeness (QED) is 0.0957. The highest BCUT2D eigenvalue weighted by molar-refractivity contribution is 5.93. The van der Waals surface area contributed by atoms with Crippen LogP contribution in [0.1, 0.15) is 55.7 Å². The highest BCUT2D eigenvalue weighted by Gasteiger charge is 2.43. The van der Waals surface area contributed by atoms with E-state index >= 15 is 0 Å². The van der Waals surface area contributed by atoms with Gasteiger partial charge in [-0.1, -0.05) is 6.07 Å². The van der Waals surface area contributed by atoms with E-state index in [0.29, 0.717) is 31.3 Å². The Bertz CT molecular complexity index is 2070. The first-order valence-corrected chi connectivity index (χ1v) is 20.6. The van der Waals surface area contributed by atoms with Gasteiger partial charge < -0.3 is 45.9 Å². The van der Waals surface area contributed by atoms with Gasteiger partial charge in [0.05, 0.1) is 49.5 Å². The van der Waals surface area contributed by atoms with Crippen LogP contribution in [0.4, 0.5) is 19.0 Å². The number of pyridine rings is 1. The van der Waals surface area contributed by atoms with Crippen LogP contribution in [0.15, 0.2) is 49.1 Å². The molecule has 3 aromatic rings. The van der Waals surface area contributed by atoms with Crippen molar-refractivity contribution in [3.05, 3.63) is 60.2 Å². The fourth-order valence-electron chi connectivity index (χ4n) is 7.70. The number of hydrogen-bond acceptors (Lipinski definition) is 12. The number of amides is 6. The highest BCUT2D eigenvalue weighted by Crippen LogP contribution is 2.37. The van der Waals surface area contributed by atoms with Crippen molar-refractivity contribution < 1.29 is 51.4 Å². The first-order chi connectivity index (χ1) is 29.8. The Labute approximate surface area is 355 Å². The van der Waals surface area contributed by atoms with Gasteiger partial charge in [-0.15, -0.1) is 0 Å². The molecule has 62 heavy (non-hydrogen) atoms. The van der Waals surface area contributed by atoms with Crippen LogP contribution in [-0.4, -0.2) is 138 Å². The van der Waals surface area contributed by atoms with Gasteiger partial charge in [0.1, 0.15) is 18.2 Å². The molecule has 0 spiro atoms. The lowest BCUT2D eigenvalue weighted by molar-refractivity contribution is -0.137. The molecule has 18 nitrogen and oxygen atoms in total. The minimum Gasteiger partial charge on any atom is -0.379 e. The van der Waals surface area contributed by atoms with E-state index in [1.54, 1.807) is 35.3 Å². The Morgan fingerprint density at radius 1 is 0.887 bits per heavy atom. The Hall–Kier alpha value is -5.96. The maximum absolute atomic E-state index is 13.3. The lowest BCUT2D eigenvalue weighted by Gasteiger charge is -2.34. The number of fused-ring (bicyclic) bond motifs is 1. The van der Waals surface area contributed by atoms with Crippen molar-refractivity contribution in [1.29, 1.82) is 0 Å². The molecule has 6 amide bonds. The Morgan fingerprint density at radius 3 is 2.42 bits per heavy atom. The first-order valence-electron chi connectivity index (χ1n) is 20.6. The lowest BCUT2D eigenvalue weighted by atomic mass is 9.79. The summed E-state index contributed by atoms with van der Waals surface area (Å²) >= 11 is 0. The Kier molecular flexibility index (Phi) is 15.6. The lowest BCUT2D eigenvalue weighted by Crippen LogP contribution is -2.50. The van der Waals surface area contributed by atoms with Gasteiger partial charge in [0.15, 0.2) is 0 Å². The third-order valence-corrected chi connectivity index (χ3v) is 11.1. The molecule has 2 saturated heterocycles. The molecule has 3 fully saturated rings. The number of nitrogens with one attached hydrogen (secondary N) is 5. The summed E-state index contributed by atoms with van der Waals surface area (Å²) < 4.78 is 50.8. The summed E-state index contributed by atoms with van der Waals surface area (Å²) in [5.74, 6) is -1.99. The fourth-order valence-corrected chi connectivity index (χ4v) is 7.70.